The molecule has 0 aliphatic carbocycles. The Kier molecular flexibility index (Phi) is 11.9. The van der Waals surface area contributed by atoms with Crippen LogP contribution in [0.5, 0.6) is 0 Å². The summed E-state index contributed by atoms with van der Waals surface area (Å²) in [7, 11) is 0. The minimum absolute atomic E-state index is 0.00246. The normalized spacial score (nSPS) is 14.6. The predicted octanol–water partition coefficient (Wildman–Crippen LogP) is -0.615. The van der Waals surface area contributed by atoms with Gasteiger partial charge >= 0.3 is 11.9 Å². The molecule has 196 valence electrons. The van der Waals surface area contributed by atoms with Crippen LogP contribution >= 0.6 is 0 Å². The Balaban J connectivity index is 3.00. The number of amides is 3. The minimum atomic E-state index is -1.19. The van der Waals surface area contributed by atoms with Crippen molar-refractivity contribution in [2.24, 2.45) is 17.6 Å². The van der Waals surface area contributed by atoms with E-state index in [0.29, 0.717) is 5.69 Å². The Morgan fingerprint density at radius 3 is 2.09 bits per heavy atom. The molecule has 0 spiro atoms. The largest absolute Gasteiger partial charge is 0.481 e. The standard InChI is InChI=1S/C22H36N6O7/c1-11(2)7-16(22(34)35)27-20(32)15(8-13-9-24-10-25-13)26-21(33)18(12(3)4)28-19(31)14(23)5-6-17(29)30/h9-12,14-16,18H,5-8,23H2,1-4H3,(H,24,25)(H,26,33)(H,27,32)(H,28,31)(H,29,30)(H,34,35). The van der Waals surface area contributed by atoms with Gasteiger partial charge in [0.1, 0.15) is 18.1 Å². The molecule has 0 aromatic carbocycles. The van der Waals surface area contributed by atoms with Gasteiger partial charge in [0.2, 0.25) is 17.7 Å². The number of hydrogen-bond donors (Lipinski definition) is 7. The lowest BCUT2D eigenvalue weighted by Crippen LogP contribution is -2.59. The maximum Gasteiger partial charge on any atom is 0.326 e. The van der Waals surface area contributed by atoms with Crippen LogP contribution in [-0.2, 0) is 30.4 Å². The van der Waals surface area contributed by atoms with Crippen LogP contribution in [0.2, 0.25) is 0 Å². The molecule has 1 heterocycles. The fraction of sp³-hybridized carbons (Fsp3) is 0.636. The Morgan fingerprint density at radius 2 is 1.60 bits per heavy atom. The van der Waals surface area contributed by atoms with Crippen molar-refractivity contribution in [3.63, 3.8) is 0 Å². The molecule has 13 nitrogen and oxygen atoms in total. The second-order valence-corrected chi connectivity index (χ2v) is 9.14. The van der Waals surface area contributed by atoms with Crippen LogP contribution in [0.15, 0.2) is 12.5 Å². The number of carboxylic acid groups (broad SMARTS) is 2. The van der Waals surface area contributed by atoms with Gasteiger partial charge in [0.25, 0.3) is 0 Å². The predicted molar refractivity (Wildman–Crippen MR) is 125 cm³/mol. The molecule has 0 radical (unpaired) electrons. The highest BCUT2D eigenvalue weighted by Crippen LogP contribution is 2.09. The molecule has 0 aliphatic rings. The van der Waals surface area contributed by atoms with Crippen molar-refractivity contribution < 1.29 is 34.2 Å². The SMILES string of the molecule is CC(C)CC(NC(=O)C(Cc1cnc[nH]1)NC(=O)C(NC(=O)C(N)CCC(=O)O)C(C)C)C(=O)O. The van der Waals surface area contributed by atoms with Crippen LogP contribution in [0.3, 0.4) is 0 Å². The van der Waals surface area contributed by atoms with E-state index in [1.807, 2.05) is 13.8 Å². The van der Waals surface area contributed by atoms with E-state index < -0.39 is 59.7 Å². The Morgan fingerprint density at radius 1 is 0.971 bits per heavy atom. The third-order valence-corrected chi connectivity index (χ3v) is 5.19. The molecule has 35 heavy (non-hydrogen) atoms. The first-order valence-corrected chi connectivity index (χ1v) is 11.4. The molecule has 0 saturated carbocycles. The summed E-state index contributed by atoms with van der Waals surface area (Å²) in [6, 6.07) is -4.50. The lowest BCUT2D eigenvalue weighted by atomic mass is 10.0. The smallest absolute Gasteiger partial charge is 0.326 e. The van der Waals surface area contributed by atoms with Gasteiger partial charge in [-0.15, -0.1) is 0 Å². The maximum absolute atomic E-state index is 13.1. The van der Waals surface area contributed by atoms with E-state index in [1.54, 1.807) is 13.8 Å². The first kappa shape index (κ1) is 29.6. The van der Waals surface area contributed by atoms with Gasteiger partial charge in [-0.2, -0.15) is 0 Å². The van der Waals surface area contributed by atoms with Crippen molar-refractivity contribution >= 4 is 29.7 Å². The quantitative estimate of drug-likeness (QED) is 0.164. The number of nitrogens with two attached hydrogens (primary N) is 1. The lowest BCUT2D eigenvalue weighted by Gasteiger charge is -2.27. The molecule has 4 atom stereocenters. The highest BCUT2D eigenvalue weighted by Gasteiger charge is 2.32. The van der Waals surface area contributed by atoms with Crippen LogP contribution in [0, 0.1) is 11.8 Å². The van der Waals surface area contributed by atoms with Gasteiger partial charge in [-0.1, -0.05) is 27.7 Å². The third-order valence-electron chi connectivity index (χ3n) is 5.19. The van der Waals surface area contributed by atoms with E-state index in [-0.39, 0.29) is 31.6 Å². The zero-order valence-electron chi connectivity index (χ0n) is 20.4. The van der Waals surface area contributed by atoms with Gasteiger partial charge < -0.3 is 36.9 Å². The topological polar surface area (TPSA) is 217 Å². The number of carbonyl (C=O) groups excluding carboxylic acids is 3. The Hall–Kier alpha value is -3.48. The summed E-state index contributed by atoms with van der Waals surface area (Å²) in [5, 5.41) is 25.8. The molecule has 0 saturated heterocycles. The summed E-state index contributed by atoms with van der Waals surface area (Å²) < 4.78 is 0. The number of nitrogens with one attached hydrogen (secondary N) is 4. The third kappa shape index (κ3) is 10.5. The van der Waals surface area contributed by atoms with Gasteiger partial charge in [0, 0.05) is 24.7 Å². The van der Waals surface area contributed by atoms with Gasteiger partial charge in [-0.05, 0) is 24.7 Å². The molecule has 1 rings (SSSR count). The fourth-order valence-electron chi connectivity index (χ4n) is 3.26. The summed E-state index contributed by atoms with van der Waals surface area (Å²) in [5.41, 5.74) is 6.27. The molecule has 0 bridgehead atoms. The number of nitrogens with zero attached hydrogens (tertiary/aromatic N) is 1. The van der Waals surface area contributed by atoms with Gasteiger partial charge in [0.05, 0.1) is 12.4 Å². The van der Waals surface area contributed by atoms with Crippen LogP contribution in [0.1, 0.15) is 52.7 Å². The number of aromatic amines is 1. The number of rotatable bonds is 15. The average molecular weight is 497 g/mol. The molecule has 4 unspecified atom stereocenters. The number of aromatic nitrogens is 2. The summed E-state index contributed by atoms with van der Waals surface area (Å²) in [6.07, 6.45) is 2.66. The van der Waals surface area contributed by atoms with Crippen LogP contribution in [-0.4, -0.2) is 74.0 Å². The van der Waals surface area contributed by atoms with Gasteiger partial charge in [-0.3, -0.25) is 19.2 Å². The van der Waals surface area contributed by atoms with Crippen molar-refractivity contribution in [3.8, 4) is 0 Å². The number of carboxylic acids is 2. The number of aliphatic carboxylic acids is 2. The van der Waals surface area contributed by atoms with Crippen molar-refractivity contribution in [1.29, 1.82) is 0 Å². The number of imidazole rings is 1. The molecular weight excluding hydrogens is 460 g/mol. The molecule has 13 heteroatoms. The first-order valence-electron chi connectivity index (χ1n) is 11.4. The second kappa shape index (κ2) is 14.0. The number of hydrogen-bond acceptors (Lipinski definition) is 7. The fourth-order valence-corrected chi connectivity index (χ4v) is 3.26. The molecular formula is C22H36N6O7. The van der Waals surface area contributed by atoms with E-state index in [0.717, 1.165) is 0 Å². The molecule has 0 fully saturated rings. The lowest BCUT2D eigenvalue weighted by molar-refractivity contribution is -0.143. The molecule has 1 aromatic heterocycles. The van der Waals surface area contributed by atoms with E-state index in [9.17, 15) is 29.1 Å². The summed E-state index contributed by atoms with van der Waals surface area (Å²) in [4.78, 5) is 67.5. The van der Waals surface area contributed by atoms with Gasteiger partial charge in [0.15, 0.2) is 0 Å². The highest BCUT2D eigenvalue weighted by molar-refractivity contribution is 5.94. The highest BCUT2D eigenvalue weighted by atomic mass is 16.4. The zero-order valence-corrected chi connectivity index (χ0v) is 20.4. The van der Waals surface area contributed by atoms with Crippen LogP contribution in [0.4, 0.5) is 0 Å². The monoisotopic (exact) mass is 496 g/mol. The molecule has 1 aromatic rings. The molecule has 8 N–H and O–H groups in total. The summed E-state index contributed by atoms with van der Waals surface area (Å²) in [5.74, 6) is -4.76. The summed E-state index contributed by atoms with van der Waals surface area (Å²) in [6.45, 7) is 7.01. The maximum atomic E-state index is 13.1. The van der Waals surface area contributed by atoms with Crippen molar-refractivity contribution in [1.82, 2.24) is 25.9 Å². The Labute approximate surface area is 203 Å². The van der Waals surface area contributed by atoms with E-state index >= 15 is 0 Å². The van der Waals surface area contributed by atoms with Crippen molar-refractivity contribution in [2.75, 3.05) is 0 Å². The second-order valence-electron chi connectivity index (χ2n) is 9.14. The zero-order chi connectivity index (χ0) is 26.7. The molecule has 0 aliphatic heterocycles. The average Bonchev–Trinajstić information content (AvgIpc) is 3.26. The number of carbonyl (C=O) groups is 5. The van der Waals surface area contributed by atoms with E-state index in [4.69, 9.17) is 10.8 Å². The van der Waals surface area contributed by atoms with Gasteiger partial charge in [-0.25, -0.2) is 9.78 Å². The van der Waals surface area contributed by atoms with E-state index in [2.05, 4.69) is 25.9 Å². The first-order chi connectivity index (χ1) is 16.3. The van der Waals surface area contributed by atoms with Crippen LogP contribution in [0.25, 0.3) is 0 Å². The van der Waals surface area contributed by atoms with Crippen molar-refractivity contribution in [3.05, 3.63) is 18.2 Å². The molecule has 3 amide bonds. The van der Waals surface area contributed by atoms with E-state index in [1.165, 1.54) is 12.5 Å². The minimum Gasteiger partial charge on any atom is -0.481 e. The van der Waals surface area contributed by atoms with Crippen molar-refractivity contribution in [2.45, 2.75) is 77.5 Å². The summed E-state index contributed by atoms with van der Waals surface area (Å²) >= 11 is 0. The Bertz CT molecular complexity index is 872. The van der Waals surface area contributed by atoms with Crippen LogP contribution < -0.4 is 21.7 Å². The number of H-pyrrole nitrogens is 1.